The second kappa shape index (κ2) is 5.41. The Balaban J connectivity index is 2.31. The molecule has 7 heteroatoms. The van der Waals surface area contributed by atoms with Crippen LogP contribution in [-0.2, 0) is 7.05 Å². The molecule has 0 aliphatic rings. The Hall–Kier alpha value is -1.23. The Kier molecular flexibility index (Phi) is 4.04. The number of nitrogens with zero attached hydrogens (tertiary/aromatic N) is 2. The van der Waals surface area contributed by atoms with Crippen LogP contribution in [0.1, 0.15) is 16.1 Å². The van der Waals surface area contributed by atoms with Crippen molar-refractivity contribution in [3.63, 3.8) is 0 Å². The SMILES string of the molecule is Cc1nn(C)c(NC(=O)c2ccc(Cl)cc2Cl)c1Cl. The lowest BCUT2D eigenvalue weighted by Gasteiger charge is -2.07. The molecule has 0 saturated carbocycles. The number of carbonyl (C=O) groups is 1. The van der Waals surface area contributed by atoms with Crippen LogP contribution in [0, 0.1) is 6.92 Å². The molecule has 2 rings (SSSR count). The smallest absolute Gasteiger partial charge is 0.258 e. The van der Waals surface area contributed by atoms with Crippen molar-refractivity contribution in [2.75, 3.05) is 5.32 Å². The van der Waals surface area contributed by atoms with Crippen LogP contribution in [0.25, 0.3) is 0 Å². The summed E-state index contributed by atoms with van der Waals surface area (Å²) in [5, 5.41) is 7.94. The molecule has 2 aromatic rings. The molecule has 0 unspecified atom stereocenters. The third kappa shape index (κ3) is 2.86. The van der Waals surface area contributed by atoms with Crippen molar-refractivity contribution in [3.8, 4) is 0 Å². The van der Waals surface area contributed by atoms with Gasteiger partial charge in [0.05, 0.1) is 16.3 Å². The van der Waals surface area contributed by atoms with E-state index in [9.17, 15) is 4.79 Å². The number of benzene rings is 1. The van der Waals surface area contributed by atoms with Gasteiger partial charge in [0.15, 0.2) is 0 Å². The van der Waals surface area contributed by atoms with Crippen molar-refractivity contribution in [1.29, 1.82) is 0 Å². The summed E-state index contributed by atoms with van der Waals surface area (Å²) in [7, 11) is 1.69. The van der Waals surface area contributed by atoms with E-state index >= 15 is 0 Å². The number of aryl methyl sites for hydroxylation is 2. The lowest BCUT2D eigenvalue weighted by molar-refractivity contribution is 0.102. The van der Waals surface area contributed by atoms with Crippen LogP contribution in [-0.4, -0.2) is 15.7 Å². The van der Waals surface area contributed by atoms with Crippen LogP contribution >= 0.6 is 34.8 Å². The first-order valence-electron chi connectivity index (χ1n) is 5.35. The zero-order chi connectivity index (χ0) is 14.2. The Morgan fingerprint density at radius 2 is 2.00 bits per heavy atom. The van der Waals surface area contributed by atoms with Crippen LogP contribution in [0.15, 0.2) is 18.2 Å². The van der Waals surface area contributed by atoms with Gasteiger partial charge in [-0.3, -0.25) is 9.48 Å². The Bertz CT molecular complexity index is 652. The standard InChI is InChI=1S/C12H10Cl3N3O/c1-6-10(15)11(18(2)17-6)16-12(19)8-4-3-7(13)5-9(8)14/h3-5H,1-2H3,(H,16,19). The first-order valence-corrected chi connectivity index (χ1v) is 6.49. The zero-order valence-electron chi connectivity index (χ0n) is 10.2. The van der Waals surface area contributed by atoms with E-state index in [1.165, 1.54) is 10.7 Å². The summed E-state index contributed by atoms with van der Waals surface area (Å²) >= 11 is 17.8. The molecule has 0 aliphatic heterocycles. The van der Waals surface area contributed by atoms with Crippen molar-refractivity contribution in [3.05, 3.63) is 44.5 Å². The predicted octanol–water partition coefficient (Wildman–Crippen LogP) is 3.94. The maximum Gasteiger partial charge on any atom is 0.258 e. The van der Waals surface area contributed by atoms with Gasteiger partial charge in [-0.2, -0.15) is 5.10 Å². The number of aromatic nitrogens is 2. The molecule has 1 aromatic carbocycles. The van der Waals surface area contributed by atoms with E-state index in [-0.39, 0.29) is 10.9 Å². The van der Waals surface area contributed by atoms with Crippen molar-refractivity contribution in [2.45, 2.75) is 6.92 Å². The maximum absolute atomic E-state index is 12.1. The molecular formula is C12H10Cl3N3O. The van der Waals surface area contributed by atoms with E-state index in [2.05, 4.69) is 10.4 Å². The molecule has 4 nitrogen and oxygen atoms in total. The van der Waals surface area contributed by atoms with Gasteiger partial charge in [0.25, 0.3) is 5.91 Å². The van der Waals surface area contributed by atoms with Crippen molar-refractivity contribution < 1.29 is 4.79 Å². The fourth-order valence-electron chi connectivity index (χ4n) is 1.62. The Labute approximate surface area is 125 Å². The van der Waals surface area contributed by atoms with Crippen molar-refractivity contribution in [1.82, 2.24) is 9.78 Å². The molecule has 0 spiro atoms. The monoisotopic (exact) mass is 317 g/mol. The van der Waals surface area contributed by atoms with Gasteiger partial charge in [0.2, 0.25) is 0 Å². The summed E-state index contributed by atoms with van der Waals surface area (Å²) in [6.45, 7) is 1.76. The van der Waals surface area contributed by atoms with Gasteiger partial charge in [-0.05, 0) is 25.1 Å². The summed E-state index contributed by atoms with van der Waals surface area (Å²) < 4.78 is 1.50. The number of carbonyl (C=O) groups excluding carboxylic acids is 1. The lowest BCUT2D eigenvalue weighted by atomic mass is 10.2. The highest BCUT2D eigenvalue weighted by Crippen LogP contribution is 2.26. The van der Waals surface area contributed by atoms with E-state index in [4.69, 9.17) is 34.8 Å². The molecule has 1 heterocycles. The molecular weight excluding hydrogens is 309 g/mol. The number of anilines is 1. The van der Waals surface area contributed by atoms with Crippen LogP contribution in [0.5, 0.6) is 0 Å². The number of hydrogen-bond acceptors (Lipinski definition) is 2. The lowest BCUT2D eigenvalue weighted by Crippen LogP contribution is -2.15. The van der Waals surface area contributed by atoms with Gasteiger partial charge in [-0.1, -0.05) is 34.8 Å². The van der Waals surface area contributed by atoms with Crippen LogP contribution in [0.3, 0.4) is 0 Å². The van der Waals surface area contributed by atoms with Gasteiger partial charge in [0, 0.05) is 12.1 Å². The normalized spacial score (nSPS) is 10.6. The third-order valence-corrected chi connectivity index (χ3v) is 3.56. The number of nitrogens with one attached hydrogen (secondary N) is 1. The summed E-state index contributed by atoms with van der Waals surface area (Å²) in [6.07, 6.45) is 0. The van der Waals surface area contributed by atoms with Gasteiger partial charge < -0.3 is 5.32 Å². The van der Waals surface area contributed by atoms with Crippen LogP contribution in [0.2, 0.25) is 15.1 Å². The minimum Gasteiger partial charge on any atom is -0.305 e. The molecule has 19 heavy (non-hydrogen) atoms. The molecule has 0 atom stereocenters. The summed E-state index contributed by atoms with van der Waals surface area (Å²) in [4.78, 5) is 12.1. The van der Waals surface area contributed by atoms with Crippen LogP contribution < -0.4 is 5.32 Å². The van der Waals surface area contributed by atoms with Crippen molar-refractivity contribution >= 4 is 46.5 Å². The number of rotatable bonds is 2. The molecule has 0 saturated heterocycles. The molecule has 0 radical (unpaired) electrons. The molecule has 0 fully saturated rings. The fraction of sp³-hybridized carbons (Fsp3) is 0.167. The van der Waals surface area contributed by atoms with Crippen LogP contribution in [0.4, 0.5) is 5.82 Å². The third-order valence-electron chi connectivity index (χ3n) is 2.56. The number of amides is 1. The maximum atomic E-state index is 12.1. The first kappa shape index (κ1) is 14.2. The van der Waals surface area contributed by atoms with Gasteiger partial charge in [-0.25, -0.2) is 0 Å². The Morgan fingerprint density at radius 3 is 2.53 bits per heavy atom. The molecule has 1 amide bonds. The number of halogens is 3. The molecule has 0 aliphatic carbocycles. The quantitative estimate of drug-likeness (QED) is 0.911. The zero-order valence-corrected chi connectivity index (χ0v) is 12.4. The number of hydrogen-bond donors (Lipinski definition) is 1. The minimum atomic E-state index is -0.369. The Morgan fingerprint density at radius 1 is 1.32 bits per heavy atom. The molecule has 1 aromatic heterocycles. The van der Waals surface area contributed by atoms with E-state index in [1.54, 1.807) is 26.1 Å². The second-order valence-electron chi connectivity index (χ2n) is 3.95. The highest BCUT2D eigenvalue weighted by Gasteiger charge is 2.16. The minimum absolute atomic E-state index is 0.278. The predicted molar refractivity (Wildman–Crippen MR) is 77.4 cm³/mol. The van der Waals surface area contributed by atoms with Gasteiger partial charge in [0.1, 0.15) is 10.8 Å². The molecule has 1 N–H and O–H groups in total. The van der Waals surface area contributed by atoms with Gasteiger partial charge in [-0.15, -0.1) is 0 Å². The summed E-state index contributed by atoms with van der Waals surface area (Å²) in [5.74, 6) is 0.0572. The van der Waals surface area contributed by atoms with E-state index < -0.39 is 0 Å². The highest BCUT2D eigenvalue weighted by atomic mass is 35.5. The van der Waals surface area contributed by atoms with E-state index in [0.29, 0.717) is 27.1 Å². The first-order chi connectivity index (χ1) is 8.90. The van der Waals surface area contributed by atoms with E-state index in [0.717, 1.165) is 0 Å². The average Bonchev–Trinajstić information content (AvgIpc) is 2.56. The topological polar surface area (TPSA) is 46.9 Å². The molecule has 100 valence electrons. The summed E-state index contributed by atoms with van der Waals surface area (Å²) in [5.41, 5.74) is 0.961. The highest BCUT2D eigenvalue weighted by molar-refractivity contribution is 6.37. The fourth-order valence-corrected chi connectivity index (χ4v) is 2.32. The molecule has 0 bridgehead atoms. The van der Waals surface area contributed by atoms with Gasteiger partial charge >= 0.3 is 0 Å². The van der Waals surface area contributed by atoms with E-state index in [1.807, 2.05) is 0 Å². The largest absolute Gasteiger partial charge is 0.305 e. The summed E-state index contributed by atoms with van der Waals surface area (Å²) in [6, 6.07) is 4.66. The second-order valence-corrected chi connectivity index (χ2v) is 5.17. The van der Waals surface area contributed by atoms with Crippen molar-refractivity contribution in [2.24, 2.45) is 7.05 Å². The average molecular weight is 319 g/mol.